The zero-order valence-electron chi connectivity index (χ0n) is 11.9. The Labute approximate surface area is 122 Å². The lowest BCUT2D eigenvalue weighted by molar-refractivity contribution is -0.120. The molecule has 0 aliphatic heterocycles. The highest BCUT2D eigenvalue weighted by molar-refractivity contribution is 5.77. The predicted octanol–water partition coefficient (Wildman–Crippen LogP) is 2.20. The van der Waals surface area contributed by atoms with Gasteiger partial charge in [0, 0.05) is 13.5 Å². The number of rotatable bonds is 7. The van der Waals surface area contributed by atoms with E-state index in [0.717, 1.165) is 12.8 Å². The molecular weight excluding hydrogens is 273 g/mol. The van der Waals surface area contributed by atoms with E-state index in [-0.39, 0.29) is 18.1 Å². The molecular formula is C15H18FN3O2. The second kappa shape index (κ2) is 7.52. The molecule has 1 heterocycles. The molecule has 0 unspecified atom stereocenters. The Morgan fingerprint density at radius 1 is 1.33 bits per heavy atom. The summed E-state index contributed by atoms with van der Waals surface area (Å²) in [4.78, 5) is 15.6. The Morgan fingerprint density at radius 2 is 2.14 bits per heavy atom. The third-order valence-electron chi connectivity index (χ3n) is 3.04. The van der Waals surface area contributed by atoms with Crippen LogP contribution in [0.2, 0.25) is 0 Å². The molecule has 1 N–H and O–H groups in total. The summed E-state index contributed by atoms with van der Waals surface area (Å²) < 4.78 is 18.2. The fraction of sp³-hybridized carbons (Fsp3) is 0.400. The number of unbranched alkanes of at least 4 members (excludes halogenated alkanes) is 1. The van der Waals surface area contributed by atoms with Crippen molar-refractivity contribution in [2.45, 2.75) is 32.6 Å². The van der Waals surface area contributed by atoms with Gasteiger partial charge < -0.3 is 9.84 Å². The highest BCUT2D eigenvalue weighted by atomic mass is 19.1. The van der Waals surface area contributed by atoms with Gasteiger partial charge in [0.25, 0.3) is 0 Å². The fourth-order valence-corrected chi connectivity index (χ4v) is 1.99. The quantitative estimate of drug-likeness (QED) is 0.794. The van der Waals surface area contributed by atoms with Crippen molar-refractivity contribution in [3.63, 3.8) is 0 Å². The zero-order valence-corrected chi connectivity index (χ0v) is 11.9. The molecule has 1 aromatic carbocycles. The maximum atomic E-state index is 13.4. The van der Waals surface area contributed by atoms with Gasteiger partial charge in [-0.05, 0) is 30.9 Å². The van der Waals surface area contributed by atoms with Gasteiger partial charge in [0.05, 0.1) is 6.42 Å². The molecule has 1 aromatic heterocycles. The van der Waals surface area contributed by atoms with E-state index < -0.39 is 0 Å². The van der Waals surface area contributed by atoms with E-state index in [4.69, 9.17) is 4.52 Å². The van der Waals surface area contributed by atoms with E-state index in [9.17, 15) is 9.18 Å². The maximum absolute atomic E-state index is 13.4. The van der Waals surface area contributed by atoms with Gasteiger partial charge in [-0.15, -0.1) is 0 Å². The van der Waals surface area contributed by atoms with Crippen LogP contribution in [0.3, 0.4) is 0 Å². The van der Waals surface area contributed by atoms with Crippen LogP contribution in [0.25, 0.3) is 0 Å². The number of carbonyl (C=O) groups is 1. The van der Waals surface area contributed by atoms with Crippen LogP contribution in [-0.2, 0) is 17.6 Å². The number of aryl methyl sites for hydroxylation is 2. The van der Waals surface area contributed by atoms with Gasteiger partial charge in [0.15, 0.2) is 5.82 Å². The molecule has 21 heavy (non-hydrogen) atoms. The fourth-order valence-electron chi connectivity index (χ4n) is 1.99. The Kier molecular flexibility index (Phi) is 5.43. The summed E-state index contributed by atoms with van der Waals surface area (Å²) in [7, 11) is 0. The number of nitrogens with zero attached hydrogens (tertiary/aromatic N) is 2. The first-order valence-corrected chi connectivity index (χ1v) is 6.94. The van der Waals surface area contributed by atoms with E-state index in [1.165, 1.54) is 6.07 Å². The summed E-state index contributed by atoms with van der Waals surface area (Å²) in [6, 6.07) is 6.75. The number of aromatic nitrogens is 2. The van der Waals surface area contributed by atoms with Gasteiger partial charge in [0.1, 0.15) is 5.82 Å². The minimum Gasteiger partial charge on any atom is -0.356 e. The van der Waals surface area contributed by atoms with Gasteiger partial charge in [-0.2, -0.15) is 4.98 Å². The van der Waals surface area contributed by atoms with Crippen LogP contribution in [0.4, 0.5) is 4.39 Å². The smallest absolute Gasteiger partial charge is 0.227 e. The summed E-state index contributed by atoms with van der Waals surface area (Å²) in [6.07, 6.45) is 2.41. The van der Waals surface area contributed by atoms with Crippen molar-refractivity contribution < 1.29 is 13.7 Å². The van der Waals surface area contributed by atoms with Crippen LogP contribution >= 0.6 is 0 Å². The van der Waals surface area contributed by atoms with Gasteiger partial charge in [-0.25, -0.2) is 4.39 Å². The average molecular weight is 291 g/mol. The molecule has 0 bridgehead atoms. The van der Waals surface area contributed by atoms with Gasteiger partial charge in [0.2, 0.25) is 11.8 Å². The molecule has 0 saturated carbocycles. The number of nitrogens with one attached hydrogen (secondary N) is 1. The van der Waals surface area contributed by atoms with E-state index >= 15 is 0 Å². The minimum absolute atomic E-state index is 0.116. The largest absolute Gasteiger partial charge is 0.356 e. The third-order valence-corrected chi connectivity index (χ3v) is 3.04. The highest BCUT2D eigenvalue weighted by Crippen LogP contribution is 2.09. The summed E-state index contributed by atoms with van der Waals surface area (Å²) in [6.45, 7) is 2.24. The Morgan fingerprint density at radius 3 is 2.86 bits per heavy atom. The predicted molar refractivity (Wildman–Crippen MR) is 75.1 cm³/mol. The SMILES string of the molecule is Cc1nc(CC(=O)NCCCCc2ccccc2F)no1. The Hall–Kier alpha value is -2.24. The molecule has 0 atom stereocenters. The minimum atomic E-state index is -0.172. The zero-order chi connectivity index (χ0) is 15.1. The monoisotopic (exact) mass is 291 g/mol. The summed E-state index contributed by atoms with van der Waals surface area (Å²) in [5, 5.41) is 6.45. The number of amides is 1. The molecule has 6 heteroatoms. The van der Waals surface area contributed by atoms with E-state index in [1.54, 1.807) is 19.1 Å². The van der Waals surface area contributed by atoms with Crippen molar-refractivity contribution in [3.8, 4) is 0 Å². The molecule has 0 aliphatic carbocycles. The molecule has 0 saturated heterocycles. The number of carbonyl (C=O) groups excluding carboxylic acids is 1. The molecule has 1 amide bonds. The molecule has 0 radical (unpaired) electrons. The third kappa shape index (κ3) is 4.98. The molecule has 2 aromatic rings. The molecule has 0 spiro atoms. The normalized spacial score (nSPS) is 10.6. The topological polar surface area (TPSA) is 68.0 Å². The lowest BCUT2D eigenvalue weighted by Crippen LogP contribution is -2.26. The average Bonchev–Trinajstić information content (AvgIpc) is 2.85. The van der Waals surface area contributed by atoms with E-state index in [1.807, 2.05) is 6.07 Å². The van der Waals surface area contributed by atoms with Crippen LogP contribution in [-0.4, -0.2) is 22.6 Å². The van der Waals surface area contributed by atoms with Gasteiger partial charge in [-0.3, -0.25) is 4.79 Å². The molecule has 112 valence electrons. The van der Waals surface area contributed by atoms with Crippen LogP contribution in [0.1, 0.15) is 30.1 Å². The van der Waals surface area contributed by atoms with Gasteiger partial charge in [-0.1, -0.05) is 23.4 Å². The number of hydrogen-bond donors (Lipinski definition) is 1. The Bertz CT molecular complexity index is 598. The van der Waals surface area contributed by atoms with Crippen molar-refractivity contribution in [2.24, 2.45) is 0 Å². The van der Waals surface area contributed by atoms with Crippen molar-refractivity contribution in [3.05, 3.63) is 47.4 Å². The van der Waals surface area contributed by atoms with Gasteiger partial charge >= 0.3 is 0 Å². The molecule has 0 fully saturated rings. The van der Waals surface area contributed by atoms with Crippen LogP contribution in [0.15, 0.2) is 28.8 Å². The first-order chi connectivity index (χ1) is 10.1. The number of benzene rings is 1. The summed E-state index contributed by atoms with van der Waals surface area (Å²) >= 11 is 0. The maximum Gasteiger partial charge on any atom is 0.227 e. The van der Waals surface area contributed by atoms with Crippen LogP contribution in [0.5, 0.6) is 0 Å². The second-order valence-corrected chi connectivity index (χ2v) is 4.80. The first kappa shape index (κ1) is 15.2. The van der Waals surface area contributed by atoms with Crippen molar-refractivity contribution in [1.29, 1.82) is 0 Å². The lowest BCUT2D eigenvalue weighted by Gasteiger charge is -2.04. The standard InChI is InChI=1S/C15H18FN3O2/c1-11-18-14(19-21-11)10-15(20)17-9-5-4-7-12-6-2-3-8-13(12)16/h2-3,6,8H,4-5,7,9-10H2,1H3,(H,17,20). The molecule has 5 nitrogen and oxygen atoms in total. The Balaban J connectivity index is 1.61. The molecule has 2 rings (SSSR count). The molecule has 0 aliphatic rings. The summed E-state index contributed by atoms with van der Waals surface area (Å²) in [5.41, 5.74) is 0.714. The van der Waals surface area contributed by atoms with Crippen molar-refractivity contribution >= 4 is 5.91 Å². The van der Waals surface area contributed by atoms with Crippen LogP contribution < -0.4 is 5.32 Å². The van der Waals surface area contributed by atoms with Crippen LogP contribution in [0, 0.1) is 12.7 Å². The van der Waals surface area contributed by atoms with E-state index in [0.29, 0.717) is 30.2 Å². The highest BCUT2D eigenvalue weighted by Gasteiger charge is 2.08. The second-order valence-electron chi connectivity index (χ2n) is 4.80. The summed E-state index contributed by atoms with van der Waals surface area (Å²) in [5.74, 6) is 0.523. The van der Waals surface area contributed by atoms with Crippen molar-refractivity contribution in [1.82, 2.24) is 15.5 Å². The number of hydrogen-bond acceptors (Lipinski definition) is 4. The number of halogens is 1. The first-order valence-electron chi connectivity index (χ1n) is 6.94. The van der Waals surface area contributed by atoms with Crippen molar-refractivity contribution in [2.75, 3.05) is 6.54 Å². The van der Waals surface area contributed by atoms with E-state index in [2.05, 4.69) is 15.5 Å². The lowest BCUT2D eigenvalue weighted by atomic mass is 10.1.